The third-order valence-electron chi connectivity index (χ3n) is 4.33. The van der Waals surface area contributed by atoms with Gasteiger partial charge in [0, 0.05) is 18.0 Å². The van der Waals surface area contributed by atoms with Gasteiger partial charge in [0.1, 0.15) is 18.2 Å². The van der Waals surface area contributed by atoms with Crippen LogP contribution in [-0.4, -0.2) is 39.1 Å². The van der Waals surface area contributed by atoms with Crippen molar-refractivity contribution in [2.24, 2.45) is 0 Å². The first-order chi connectivity index (χ1) is 13.5. The van der Waals surface area contributed by atoms with Crippen LogP contribution < -0.4 is 5.73 Å². The molecule has 2 aromatic heterocycles. The molecule has 1 fully saturated rings. The van der Waals surface area contributed by atoms with Crippen LogP contribution in [0.2, 0.25) is 5.02 Å². The van der Waals surface area contributed by atoms with Gasteiger partial charge in [0.05, 0.1) is 25.6 Å². The topological polar surface area (TPSA) is 114 Å². The number of hydrogen-bond acceptors (Lipinski definition) is 8. The number of nitrogen functional groups attached to an aromatic ring is 1. The summed E-state index contributed by atoms with van der Waals surface area (Å²) in [6, 6.07) is 7.32. The van der Waals surface area contributed by atoms with E-state index < -0.39 is 7.60 Å². The molecule has 148 valence electrons. The van der Waals surface area contributed by atoms with Gasteiger partial charge in [-0.1, -0.05) is 23.7 Å². The Hall–Kier alpha value is -2.03. The highest BCUT2D eigenvalue weighted by molar-refractivity contribution is 7.53. The quantitative estimate of drug-likeness (QED) is 0.474. The van der Waals surface area contributed by atoms with Crippen molar-refractivity contribution in [3.63, 3.8) is 0 Å². The van der Waals surface area contributed by atoms with Crippen LogP contribution in [-0.2, 0) is 24.9 Å². The number of anilines is 1. The molecule has 3 aromatic rings. The molecule has 0 spiro atoms. The largest absolute Gasteiger partial charge is 0.382 e. The van der Waals surface area contributed by atoms with Gasteiger partial charge >= 0.3 is 7.60 Å². The van der Waals surface area contributed by atoms with Gasteiger partial charge in [-0.25, -0.2) is 15.0 Å². The molecule has 3 heterocycles. The van der Waals surface area contributed by atoms with Gasteiger partial charge in [-0.3, -0.25) is 9.09 Å². The molecule has 1 aliphatic heterocycles. The highest BCUT2D eigenvalue weighted by Crippen LogP contribution is 2.56. The number of aromatic nitrogens is 4. The maximum absolute atomic E-state index is 12.9. The van der Waals surface area contributed by atoms with Gasteiger partial charge in [-0.05, 0) is 17.7 Å². The number of halogens is 1. The van der Waals surface area contributed by atoms with Crippen molar-refractivity contribution in [2.75, 3.05) is 25.3 Å². The van der Waals surface area contributed by atoms with Crippen molar-refractivity contribution in [3.05, 3.63) is 47.5 Å². The lowest BCUT2D eigenvalue weighted by Crippen LogP contribution is -2.17. The van der Waals surface area contributed by atoms with Gasteiger partial charge in [-0.2, -0.15) is 0 Å². The van der Waals surface area contributed by atoms with E-state index >= 15 is 0 Å². The van der Waals surface area contributed by atoms with E-state index in [1.54, 1.807) is 23.0 Å². The van der Waals surface area contributed by atoms with Crippen molar-refractivity contribution in [1.29, 1.82) is 0 Å². The van der Waals surface area contributed by atoms with E-state index in [0.717, 1.165) is 5.56 Å². The van der Waals surface area contributed by atoms with E-state index in [0.29, 0.717) is 41.6 Å². The molecule has 0 radical (unpaired) electrons. The molecule has 0 amide bonds. The zero-order valence-electron chi connectivity index (χ0n) is 14.9. The average Bonchev–Trinajstić information content (AvgIpc) is 3.10. The van der Waals surface area contributed by atoms with Crippen LogP contribution >= 0.6 is 19.2 Å². The van der Waals surface area contributed by atoms with E-state index in [9.17, 15) is 4.57 Å². The monoisotopic (exact) mass is 423 g/mol. The Labute approximate surface area is 166 Å². The molecule has 1 saturated heterocycles. The van der Waals surface area contributed by atoms with Crippen LogP contribution in [0.1, 0.15) is 18.1 Å². The lowest BCUT2D eigenvalue weighted by molar-refractivity contribution is 0.0563. The highest BCUT2D eigenvalue weighted by Gasteiger charge is 2.34. The van der Waals surface area contributed by atoms with Gasteiger partial charge < -0.3 is 19.6 Å². The summed E-state index contributed by atoms with van der Waals surface area (Å²) in [5.74, 6) is 0.324. The summed E-state index contributed by atoms with van der Waals surface area (Å²) >= 11 is 6.03. The number of benzene rings is 1. The summed E-state index contributed by atoms with van der Waals surface area (Å²) in [6.45, 7) is 1.08. The molecule has 0 aliphatic carbocycles. The predicted molar refractivity (Wildman–Crippen MR) is 104 cm³/mol. The number of imidazole rings is 1. The Kier molecular flexibility index (Phi) is 5.61. The molecule has 2 N–H and O–H groups in total. The van der Waals surface area contributed by atoms with E-state index in [-0.39, 0.29) is 19.1 Å². The van der Waals surface area contributed by atoms with Crippen molar-refractivity contribution in [3.8, 4) is 0 Å². The van der Waals surface area contributed by atoms with Crippen molar-refractivity contribution in [1.82, 2.24) is 19.5 Å². The van der Waals surface area contributed by atoms with Crippen molar-refractivity contribution < 1.29 is 18.3 Å². The normalized spacial score (nSPS) is 22.5. The fraction of sp³-hybridized carbons (Fsp3) is 0.353. The molecule has 1 aliphatic rings. The zero-order chi connectivity index (χ0) is 19.6. The third kappa shape index (κ3) is 4.19. The third-order valence-corrected chi connectivity index (χ3v) is 6.22. The Bertz CT molecular complexity index is 1030. The van der Waals surface area contributed by atoms with Gasteiger partial charge in [0.2, 0.25) is 0 Å². The minimum absolute atomic E-state index is 0.131. The molecule has 2 atom stereocenters. The Morgan fingerprint density at radius 3 is 3.11 bits per heavy atom. The van der Waals surface area contributed by atoms with Crippen LogP contribution in [0.5, 0.6) is 0 Å². The predicted octanol–water partition coefficient (Wildman–Crippen LogP) is 3.41. The fourth-order valence-electron chi connectivity index (χ4n) is 2.98. The second-order valence-corrected chi connectivity index (χ2v) is 8.67. The maximum Gasteiger partial charge on any atom is 0.356 e. The molecule has 9 nitrogen and oxygen atoms in total. The van der Waals surface area contributed by atoms with Gasteiger partial charge in [0.15, 0.2) is 11.5 Å². The van der Waals surface area contributed by atoms with Crippen LogP contribution in [0.15, 0.2) is 36.9 Å². The summed E-state index contributed by atoms with van der Waals surface area (Å²) in [5, 5.41) is 0.607. The van der Waals surface area contributed by atoms with Crippen LogP contribution in [0.4, 0.5) is 5.82 Å². The minimum atomic E-state index is -3.35. The molecule has 4 rings (SSSR count). The molecule has 0 bridgehead atoms. The Morgan fingerprint density at radius 1 is 1.36 bits per heavy atom. The van der Waals surface area contributed by atoms with Crippen LogP contribution in [0, 0.1) is 0 Å². The van der Waals surface area contributed by atoms with E-state index in [1.807, 2.05) is 12.1 Å². The molecular weight excluding hydrogens is 405 g/mol. The zero-order valence-corrected chi connectivity index (χ0v) is 16.6. The van der Waals surface area contributed by atoms with Gasteiger partial charge in [0.25, 0.3) is 0 Å². The number of ether oxygens (including phenoxy) is 1. The van der Waals surface area contributed by atoms with Gasteiger partial charge in [-0.15, -0.1) is 0 Å². The molecule has 1 aromatic carbocycles. The summed E-state index contributed by atoms with van der Waals surface area (Å²) in [4.78, 5) is 12.3. The summed E-state index contributed by atoms with van der Waals surface area (Å²) < 4.78 is 31.3. The Morgan fingerprint density at radius 2 is 2.25 bits per heavy atom. The first-order valence-electron chi connectivity index (χ1n) is 8.71. The second kappa shape index (κ2) is 8.14. The number of nitrogens with zero attached hydrogens (tertiary/aromatic N) is 4. The van der Waals surface area contributed by atoms with E-state index in [2.05, 4.69) is 15.0 Å². The van der Waals surface area contributed by atoms with Crippen LogP contribution in [0.25, 0.3) is 11.2 Å². The first kappa shape index (κ1) is 19.3. The van der Waals surface area contributed by atoms with Crippen molar-refractivity contribution in [2.45, 2.75) is 19.1 Å². The van der Waals surface area contributed by atoms with E-state index in [1.165, 1.54) is 6.33 Å². The summed E-state index contributed by atoms with van der Waals surface area (Å²) in [7, 11) is -3.35. The SMILES string of the molecule is Nc1ncnc2c1ncn2CCOC[P@]1(=O)OCC[C@H](c2cccc(Cl)c2)O1. The Balaban J connectivity index is 1.33. The summed E-state index contributed by atoms with van der Waals surface area (Å²) in [5.41, 5.74) is 7.81. The molecule has 28 heavy (non-hydrogen) atoms. The molecule has 11 heteroatoms. The highest BCUT2D eigenvalue weighted by atomic mass is 35.5. The smallest absolute Gasteiger partial charge is 0.356 e. The number of nitrogens with two attached hydrogens (primary N) is 1. The average molecular weight is 424 g/mol. The molecular formula is C17H19ClN5O4P. The minimum Gasteiger partial charge on any atom is -0.382 e. The standard InChI is InChI=1S/C17H19ClN5O4P/c18-13-3-1-2-12(8-13)14-4-6-26-28(24,27-14)11-25-7-5-23-10-22-15-16(19)20-9-21-17(15)23/h1-3,8-10,14H,4-7,11H2,(H2,19,20,21)/t14-,28+/m1/s1. The number of hydrogen-bond donors (Lipinski definition) is 1. The lowest BCUT2D eigenvalue weighted by atomic mass is 10.1. The van der Waals surface area contributed by atoms with Crippen molar-refractivity contribution >= 4 is 36.2 Å². The summed E-state index contributed by atoms with van der Waals surface area (Å²) in [6.07, 6.45) is 3.14. The van der Waals surface area contributed by atoms with Crippen LogP contribution in [0.3, 0.4) is 0 Å². The molecule has 0 unspecified atom stereocenters. The molecule has 0 saturated carbocycles. The second-order valence-electron chi connectivity index (χ2n) is 6.29. The maximum atomic E-state index is 12.9. The van der Waals surface area contributed by atoms with E-state index in [4.69, 9.17) is 31.1 Å². The number of rotatable bonds is 6. The lowest BCUT2D eigenvalue weighted by Gasteiger charge is -2.30. The number of fused-ring (bicyclic) bond motifs is 1. The fourth-order valence-corrected chi connectivity index (χ4v) is 4.73. The first-order valence-corrected chi connectivity index (χ1v) is 10.8.